The van der Waals surface area contributed by atoms with Gasteiger partial charge in [0.15, 0.2) is 0 Å². The number of pyridine rings is 1. The molecule has 1 aromatic heterocycles. The summed E-state index contributed by atoms with van der Waals surface area (Å²) in [6.45, 7) is 5.02. The Bertz CT molecular complexity index is 957. The maximum Gasteiger partial charge on any atom is 0.128 e. The van der Waals surface area contributed by atoms with Gasteiger partial charge in [-0.05, 0) is 61.4 Å². The number of aliphatic imine (C=N–C) groups is 1. The summed E-state index contributed by atoms with van der Waals surface area (Å²) in [6, 6.07) is 8.57. The molecule has 0 radical (unpaired) electrons. The third-order valence-electron chi connectivity index (χ3n) is 7.01. The molecule has 2 aliphatic heterocycles. The fraction of sp³-hybridized carbons (Fsp3) is 0.520. The van der Waals surface area contributed by atoms with Gasteiger partial charge in [-0.3, -0.25) is 4.99 Å². The van der Waals surface area contributed by atoms with Gasteiger partial charge in [-0.15, -0.1) is 0 Å². The Morgan fingerprint density at radius 3 is 2.58 bits per heavy atom. The van der Waals surface area contributed by atoms with Gasteiger partial charge in [0.05, 0.1) is 23.5 Å². The molecular weight excluding hydrogens is 406 g/mol. The zero-order chi connectivity index (χ0) is 21.3. The third-order valence-corrected chi connectivity index (χ3v) is 7.37. The van der Waals surface area contributed by atoms with Gasteiger partial charge in [-0.2, -0.15) is 0 Å². The fourth-order valence-electron chi connectivity index (χ4n) is 5.18. The number of halogens is 1. The maximum absolute atomic E-state index is 6.51. The summed E-state index contributed by atoms with van der Waals surface area (Å²) in [7, 11) is 0. The number of hydrogen-bond donors (Lipinski definition) is 2. The number of fused-ring (bicyclic) bond motifs is 1. The largest absolute Gasteiger partial charge is 0.371 e. The van der Waals surface area contributed by atoms with Gasteiger partial charge in [-0.25, -0.2) is 4.98 Å². The van der Waals surface area contributed by atoms with Crippen LogP contribution in [0.15, 0.2) is 35.5 Å². The van der Waals surface area contributed by atoms with Crippen LogP contribution in [0.2, 0.25) is 5.02 Å². The summed E-state index contributed by atoms with van der Waals surface area (Å²) in [6.07, 6.45) is 11.4. The van der Waals surface area contributed by atoms with Gasteiger partial charge in [0.1, 0.15) is 11.7 Å². The lowest BCUT2D eigenvalue weighted by Crippen LogP contribution is -2.53. The lowest BCUT2D eigenvalue weighted by Gasteiger charge is -2.44. The molecule has 3 aliphatic rings. The third kappa shape index (κ3) is 4.12. The molecule has 2 aromatic rings. The first-order chi connectivity index (χ1) is 15.2. The minimum atomic E-state index is -0.104. The maximum atomic E-state index is 6.51. The Morgan fingerprint density at radius 2 is 1.87 bits per heavy atom. The SMILES string of the molecule is CCc1cc2c(cc1Cl)NC(=NCc1ccc(N3CCCC3)nc1)C1(CCCCC1)N2. The highest BCUT2D eigenvalue weighted by Crippen LogP contribution is 2.41. The molecule has 6 heteroatoms. The normalized spacial score (nSPS) is 21.1. The summed E-state index contributed by atoms with van der Waals surface area (Å²) >= 11 is 6.51. The number of benzene rings is 1. The molecule has 3 heterocycles. The smallest absolute Gasteiger partial charge is 0.128 e. The Kier molecular flexibility index (Phi) is 5.79. The van der Waals surface area contributed by atoms with Gasteiger partial charge in [-0.1, -0.05) is 43.9 Å². The van der Waals surface area contributed by atoms with Gasteiger partial charge in [0, 0.05) is 24.3 Å². The topological polar surface area (TPSA) is 52.6 Å². The molecular formula is C25H32ClN5. The average Bonchev–Trinajstić information content (AvgIpc) is 3.34. The molecule has 0 unspecified atom stereocenters. The number of rotatable bonds is 4. The standard InChI is InChI=1S/C25H32ClN5/c1-2-19-14-22-21(15-20(19)26)29-24(25(30-22)10-4-3-5-11-25)28-17-18-8-9-23(27-16-18)31-12-6-7-13-31/h8-9,14-16,30H,2-7,10-13,17H2,1H3,(H,28,29). The number of aromatic nitrogens is 1. The molecule has 2 N–H and O–H groups in total. The second-order valence-electron chi connectivity index (χ2n) is 9.12. The Hall–Kier alpha value is -2.27. The van der Waals surface area contributed by atoms with Crippen molar-refractivity contribution in [2.75, 3.05) is 28.6 Å². The Labute approximate surface area is 190 Å². The van der Waals surface area contributed by atoms with E-state index < -0.39 is 0 Å². The number of nitrogens with one attached hydrogen (secondary N) is 2. The highest BCUT2D eigenvalue weighted by atomic mass is 35.5. The summed E-state index contributed by atoms with van der Waals surface area (Å²) < 4.78 is 0. The van der Waals surface area contributed by atoms with Crippen molar-refractivity contribution in [3.05, 3.63) is 46.6 Å². The zero-order valence-electron chi connectivity index (χ0n) is 18.4. The quantitative estimate of drug-likeness (QED) is 0.612. The minimum Gasteiger partial charge on any atom is -0.371 e. The van der Waals surface area contributed by atoms with Crippen LogP contribution < -0.4 is 15.5 Å². The predicted molar refractivity (Wildman–Crippen MR) is 131 cm³/mol. The first-order valence-electron chi connectivity index (χ1n) is 11.8. The first kappa shape index (κ1) is 20.6. The fourth-order valence-corrected chi connectivity index (χ4v) is 5.48. The second kappa shape index (κ2) is 8.70. The van der Waals surface area contributed by atoms with Crippen molar-refractivity contribution < 1.29 is 0 Å². The molecule has 1 spiro atoms. The van der Waals surface area contributed by atoms with Gasteiger partial charge >= 0.3 is 0 Å². The van der Waals surface area contributed by atoms with Crippen LogP contribution in [0.4, 0.5) is 17.2 Å². The molecule has 5 nitrogen and oxygen atoms in total. The van der Waals surface area contributed by atoms with Crippen LogP contribution in [0.25, 0.3) is 0 Å². The van der Waals surface area contributed by atoms with E-state index >= 15 is 0 Å². The highest BCUT2D eigenvalue weighted by molar-refractivity contribution is 6.32. The Balaban J connectivity index is 1.40. The number of amidine groups is 1. The van der Waals surface area contributed by atoms with E-state index in [1.165, 1.54) is 37.7 Å². The first-order valence-corrected chi connectivity index (χ1v) is 12.2. The molecule has 164 valence electrons. The van der Waals surface area contributed by atoms with E-state index in [0.29, 0.717) is 6.54 Å². The van der Waals surface area contributed by atoms with Gasteiger partial charge in [0.25, 0.3) is 0 Å². The van der Waals surface area contributed by atoms with E-state index in [9.17, 15) is 0 Å². The predicted octanol–water partition coefficient (Wildman–Crippen LogP) is 6.04. The van der Waals surface area contributed by atoms with Crippen LogP contribution in [-0.2, 0) is 13.0 Å². The molecule has 5 rings (SSSR count). The van der Waals surface area contributed by atoms with E-state index in [1.807, 2.05) is 12.3 Å². The van der Waals surface area contributed by atoms with Crippen LogP contribution in [0.1, 0.15) is 63.0 Å². The summed E-state index contributed by atoms with van der Waals surface area (Å²) in [5, 5.41) is 8.34. The van der Waals surface area contributed by atoms with Crippen molar-refractivity contribution in [3.63, 3.8) is 0 Å². The van der Waals surface area contributed by atoms with Crippen molar-refractivity contribution in [1.29, 1.82) is 0 Å². The number of aryl methyl sites for hydroxylation is 1. The molecule has 0 atom stereocenters. The van der Waals surface area contributed by atoms with E-state index in [4.69, 9.17) is 21.6 Å². The number of hydrogen-bond acceptors (Lipinski definition) is 4. The van der Waals surface area contributed by atoms with Crippen LogP contribution in [-0.4, -0.2) is 29.4 Å². The molecule has 0 amide bonds. The second-order valence-corrected chi connectivity index (χ2v) is 9.53. The molecule has 1 aromatic carbocycles. The zero-order valence-corrected chi connectivity index (χ0v) is 19.1. The van der Waals surface area contributed by atoms with Crippen molar-refractivity contribution >= 4 is 34.6 Å². The lowest BCUT2D eigenvalue weighted by molar-refractivity contribution is 0.403. The molecule has 1 saturated carbocycles. The van der Waals surface area contributed by atoms with Crippen LogP contribution in [0.3, 0.4) is 0 Å². The van der Waals surface area contributed by atoms with E-state index in [1.54, 1.807) is 0 Å². The van der Waals surface area contributed by atoms with E-state index in [-0.39, 0.29) is 5.54 Å². The Morgan fingerprint density at radius 1 is 1.06 bits per heavy atom. The van der Waals surface area contributed by atoms with Crippen LogP contribution in [0.5, 0.6) is 0 Å². The molecule has 31 heavy (non-hydrogen) atoms. The summed E-state index contributed by atoms with van der Waals surface area (Å²) in [5.74, 6) is 2.13. The van der Waals surface area contributed by atoms with E-state index in [0.717, 1.165) is 66.0 Å². The van der Waals surface area contributed by atoms with Crippen LogP contribution in [0, 0.1) is 0 Å². The number of nitrogens with zero attached hydrogens (tertiary/aromatic N) is 3. The van der Waals surface area contributed by atoms with Crippen molar-refractivity contribution in [3.8, 4) is 0 Å². The summed E-state index contributed by atoms with van der Waals surface area (Å²) in [4.78, 5) is 12.1. The highest BCUT2D eigenvalue weighted by Gasteiger charge is 2.41. The van der Waals surface area contributed by atoms with Crippen LogP contribution >= 0.6 is 11.6 Å². The molecule has 2 fully saturated rings. The monoisotopic (exact) mass is 437 g/mol. The van der Waals surface area contributed by atoms with Crippen molar-refractivity contribution in [2.24, 2.45) is 4.99 Å². The van der Waals surface area contributed by atoms with E-state index in [2.05, 4.69) is 40.7 Å². The van der Waals surface area contributed by atoms with Gasteiger partial charge in [0.2, 0.25) is 0 Å². The minimum absolute atomic E-state index is 0.104. The summed E-state index contributed by atoms with van der Waals surface area (Å²) in [5.41, 5.74) is 4.41. The number of anilines is 3. The van der Waals surface area contributed by atoms with Crippen molar-refractivity contribution in [2.45, 2.75) is 70.4 Å². The average molecular weight is 438 g/mol. The van der Waals surface area contributed by atoms with Crippen molar-refractivity contribution in [1.82, 2.24) is 4.98 Å². The molecule has 0 bridgehead atoms. The molecule has 1 aliphatic carbocycles. The lowest BCUT2D eigenvalue weighted by atomic mass is 9.79. The molecule has 1 saturated heterocycles. The van der Waals surface area contributed by atoms with Gasteiger partial charge < -0.3 is 15.5 Å².